The van der Waals surface area contributed by atoms with Gasteiger partial charge in [-0.25, -0.2) is 14.2 Å². The Labute approximate surface area is 222 Å². The van der Waals surface area contributed by atoms with Crippen molar-refractivity contribution in [3.63, 3.8) is 0 Å². The smallest absolute Gasteiger partial charge is 0.330 e. The summed E-state index contributed by atoms with van der Waals surface area (Å²) >= 11 is 0. The van der Waals surface area contributed by atoms with Gasteiger partial charge in [0.1, 0.15) is 17.6 Å². The lowest BCUT2D eigenvalue weighted by Gasteiger charge is -2.22. The number of esters is 1. The Morgan fingerprint density at radius 1 is 0.974 bits per heavy atom. The fourth-order valence-corrected chi connectivity index (χ4v) is 3.91. The Balaban J connectivity index is 1.55. The number of hydrogen-bond donors (Lipinski definition) is 1. The molecule has 0 aliphatic carbocycles. The summed E-state index contributed by atoms with van der Waals surface area (Å²) < 4.78 is 25.7. The van der Waals surface area contributed by atoms with Crippen LogP contribution < -0.4 is 20.1 Å². The van der Waals surface area contributed by atoms with E-state index < -0.39 is 17.8 Å². The minimum Gasteiger partial charge on any atom is -0.496 e. The number of benzene rings is 3. The van der Waals surface area contributed by atoms with Gasteiger partial charge in [0.05, 0.1) is 12.7 Å². The second-order valence-corrected chi connectivity index (χ2v) is 9.20. The van der Waals surface area contributed by atoms with Crippen LogP contribution in [0.4, 0.5) is 10.3 Å². The van der Waals surface area contributed by atoms with Crippen LogP contribution in [0.2, 0.25) is 0 Å². The van der Waals surface area contributed by atoms with Crippen LogP contribution in [-0.4, -0.2) is 42.2 Å². The molecule has 4 aromatic rings. The highest BCUT2D eigenvalue weighted by Crippen LogP contribution is 2.32. The zero-order valence-corrected chi connectivity index (χ0v) is 21.9. The summed E-state index contributed by atoms with van der Waals surface area (Å²) in [7, 11) is 3.46. The van der Waals surface area contributed by atoms with Crippen LogP contribution >= 0.6 is 0 Å². The molecular formula is C30H31FN4O3. The topological polar surface area (TPSA) is 90.6 Å². The van der Waals surface area contributed by atoms with Gasteiger partial charge in [-0.3, -0.25) is 0 Å². The van der Waals surface area contributed by atoms with Crippen molar-refractivity contribution in [2.45, 2.75) is 32.4 Å². The number of carbonyl (C=O) groups is 1. The molecule has 0 saturated heterocycles. The number of ether oxygens (including phenoxy) is 2. The molecule has 1 aromatic heterocycles. The maximum absolute atomic E-state index is 14.6. The van der Waals surface area contributed by atoms with Crippen molar-refractivity contribution < 1.29 is 18.7 Å². The normalized spacial score (nSPS) is 11.8. The molecule has 0 aliphatic rings. The first-order chi connectivity index (χ1) is 18.3. The number of carbonyl (C=O) groups excluding carboxylic acids is 1. The van der Waals surface area contributed by atoms with Crippen LogP contribution in [0.3, 0.4) is 0 Å². The molecule has 4 rings (SSSR count). The monoisotopic (exact) mass is 514 g/mol. The van der Waals surface area contributed by atoms with Crippen LogP contribution in [0.5, 0.6) is 11.6 Å². The van der Waals surface area contributed by atoms with Gasteiger partial charge >= 0.3 is 5.97 Å². The van der Waals surface area contributed by atoms with Crippen molar-refractivity contribution in [1.29, 1.82) is 0 Å². The maximum Gasteiger partial charge on any atom is 0.330 e. The average molecular weight is 515 g/mol. The SMILES string of the molecule is COc1ccccc1-c1ccc(C[C@H](N)C(=O)Oc2nc(N(C)C(C)C)ncc2-c2ccccc2F)cc1. The first kappa shape index (κ1) is 26.8. The predicted molar refractivity (Wildman–Crippen MR) is 147 cm³/mol. The number of hydrogen-bond acceptors (Lipinski definition) is 7. The van der Waals surface area contributed by atoms with E-state index in [9.17, 15) is 9.18 Å². The fourth-order valence-electron chi connectivity index (χ4n) is 3.91. The summed E-state index contributed by atoms with van der Waals surface area (Å²) in [6.07, 6.45) is 1.72. The van der Waals surface area contributed by atoms with Crippen LogP contribution in [0, 0.1) is 5.82 Å². The lowest BCUT2D eigenvalue weighted by atomic mass is 10.0. The summed E-state index contributed by atoms with van der Waals surface area (Å²) in [6.45, 7) is 3.96. The molecule has 0 saturated carbocycles. The second kappa shape index (κ2) is 11.8. The molecule has 0 amide bonds. The zero-order chi connectivity index (χ0) is 27.2. The number of anilines is 1. The number of para-hydroxylation sites is 1. The van der Waals surface area contributed by atoms with Crippen molar-refractivity contribution in [1.82, 2.24) is 9.97 Å². The Bertz CT molecular complexity index is 1410. The molecule has 0 fully saturated rings. The van der Waals surface area contributed by atoms with E-state index in [0.717, 1.165) is 22.4 Å². The van der Waals surface area contributed by atoms with Crippen LogP contribution in [0.15, 0.2) is 79.0 Å². The molecule has 1 atom stereocenters. The van der Waals surface area contributed by atoms with Crippen molar-refractivity contribution in [2.75, 3.05) is 19.1 Å². The zero-order valence-electron chi connectivity index (χ0n) is 21.9. The van der Waals surface area contributed by atoms with E-state index in [1.807, 2.05) is 74.3 Å². The molecule has 0 aliphatic heterocycles. The van der Waals surface area contributed by atoms with E-state index in [0.29, 0.717) is 5.95 Å². The van der Waals surface area contributed by atoms with Gasteiger partial charge in [0.2, 0.25) is 11.8 Å². The molecule has 196 valence electrons. The van der Waals surface area contributed by atoms with Crippen LogP contribution in [0.25, 0.3) is 22.3 Å². The fraction of sp³-hybridized carbons (Fsp3) is 0.233. The van der Waals surface area contributed by atoms with Gasteiger partial charge in [0.25, 0.3) is 0 Å². The molecule has 8 heteroatoms. The Hall–Kier alpha value is -4.30. The number of halogens is 1. The third kappa shape index (κ3) is 5.98. The summed E-state index contributed by atoms with van der Waals surface area (Å²) in [5.74, 6) is -0.0625. The molecule has 3 aromatic carbocycles. The molecule has 0 spiro atoms. The van der Waals surface area contributed by atoms with Gasteiger partial charge in [-0.05, 0) is 43.5 Å². The van der Waals surface area contributed by atoms with Gasteiger partial charge in [-0.1, -0.05) is 60.7 Å². The van der Waals surface area contributed by atoms with E-state index in [4.69, 9.17) is 15.2 Å². The van der Waals surface area contributed by atoms with Gasteiger partial charge < -0.3 is 20.1 Å². The first-order valence-electron chi connectivity index (χ1n) is 12.3. The van der Waals surface area contributed by atoms with E-state index in [-0.39, 0.29) is 29.5 Å². The van der Waals surface area contributed by atoms with Crippen molar-refractivity contribution >= 4 is 11.9 Å². The largest absolute Gasteiger partial charge is 0.496 e. The average Bonchev–Trinajstić information content (AvgIpc) is 2.93. The predicted octanol–water partition coefficient (Wildman–Crippen LogP) is 5.28. The quantitative estimate of drug-likeness (QED) is 0.304. The van der Waals surface area contributed by atoms with Crippen LogP contribution in [0.1, 0.15) is 19.4 Å². The molecule has 2 N–H and O–H groups in total. The van der Waals surface area contributed by atoms with E-state index in [1.54, 1.807) is 25.3 Å². The standard InChI is InChI=1S/C30H31FN4O3/c1-19(2)35(3)30-33-18-24(23-10-5-7-11-25(23)31)28(34-30)38-29(36)26(32)17-20-13-15-21(16-14-20)22-9-6-8-12-27(22)37-4/h5-16,18-19,26H,17,32H2,1-4H3/t26-/m0/s1. The van der Waals surface area contributed by atoms with E-state index in [1.165, 1.54) is 12.3 Å². The highest BCUT2D eigenvalue weighted by Gasteiger charge is 2.23. The van der Waals surface area contributed by atoms with Gasteiger partial charge in [-0.15, -0.1) is 0 Å². The third-order valence-electron chi connectivity index (χ3n) is 6.32. The maximum atomic E-state index is 14.6. The van der Waals surface area contributed by atoms with Gasteiger partial charge in [0, 0.05) is 30.4 Å². The summed E-state index contributed by atoms with van der Waals surface area (Å²) in [4.78, 5) is 23.7. The summed E-state index contributed by atoms with van der Waals surface area (Å²) in [5.41, 5.74) is 9.56. The molecule has 38 heavy (non-hydrogen) atoms. The molecule has 0 bridgehead atoms. The molecule has 0 radical (unpaired) electrons. The van der Waals surface area contributed by atoms with Gasteiger partial charge in [0.15, 0.2) is 0 Å². The molecular weight excluding hydrogens is 483 g/mol. The third-order valence-corrected chi connectivity index (χ3v) is 6.32. The Morgan fingerprint density at radius 2 is 1.63 bits per heavy atom. The minimum atomic E-state index is -0.957. The van der Waals surface area contributed by atoms with E-state index in [2.05, 4.69) is 9.97 Å². The number of nitrogens with zero attached hydrogens (tertiary/aromatic N) is 3. The second-order valence-electron chi connectivity index (χ2n) is 9.20. The Morgan fingerprint density at radius 3 is 2.29 bits per heavy atom. The molecule has 1 heterocycles. The van der Waals surface area contributed by atoms with Crippen LogP contribution in [-0.2, 0) is 11.2 Å². The first-order valence-corrected chi connectivity index (χ1v) is 12.3. The highest BCUT2D eigenvalue weighted by molar-refractivity contribution is 5.81. The molecule has 7 nitrogen and oxygen atoms in total. The number of methoxy groups -OCH3 is 1. The van der Waals surface area contributed by atoms with Crippen molar-refractivity contribution in [3.05, 3.63) is 90.4 Å². The van der Waals surface area contributed by atoms with Crippen molar-refractivity contribution in [3.8, 4) is 33.9 Å². The number of rotatable bonds is 9. The van der Waals surface area contributed by atoms with Gasteiger partial charge in [-0.2, -0.15) is 4.98 Å². The lowest BCUT2D eigenvalue weighted by Crippen LogP contribution is -2.36. The lowest BCUT2D eigenvalue weighted by molar-refractivity contribution is -0.136. The van der Waals surface area contributed by atoms with E-state index >= 15 is 0 Å². The number of nitrogens with two attached hydrogens (primary N) is 1. The minimum absolute atomic E-state index is 0.0421. The van der Waals surface area contributed by atoms with Crippen molar-refractivity contribution in [2.24, 2.45) is 5.73 Å². The Kier molecular flexibility index (Phi) is 8.33. The molecule has 0 unspecified atom stereocenters. The highest BCUT2D eigenvalue weighted by atomic mass is 19.1. The summed E-state index contributed by atoms with van der Waals surface area (Å²) in [5, 5.41) is 0. The number of aromatic nitrogens is 2. The summed E-state index contributed by atoms with van der Waals surface area (Å²) in [6, 6.07) is 20.8.